The van der Waals surface area contributed by atoms with Crippen LogP contribution in [0.2, 0.25) is 0 Å². The van der Waals surface area contributed by atoms with Crippen LogP contribution in [-0.2, 0) is 4.79 Å². The zero-order valence-electron chi connectivity index (χ0n) is 4.99. The third-order valence-electron chi connectivity index (χ3n) is 0.243. The number of aliphatic carboxylic acids is 1. The smallest absolute Gasteiger partial charge is 1.00 e. The van der Waals surface area contributed by atoms with Crippen LogP contribution in [0, 0.1) is 0 Å². The topological polar surface area (TPSA) is 37.3 Å². The van der Waals surface area contributed by atoms with Gasteiger partial charge in [0.05, 0.1) is 0 Å². The minimum atomic E-state index is -5.08. The van der Waals surface area contributed by atoms with Crippen LogP contribution < -0.4 is 18.9 Å². The molecule has 6 heteroatoms. The molecule has 0 rings (SSSR count). The average molecular weight is 122 g/mol. The summed E-state index contributed by atoms with van der Waals surface area (Å²) in [4.78, 5) is 8.90. The zero-order chi connectivity index (χ0) is 6.08. The maximum atomic E-state index is 10.6. The van der Waals surface area contributed by atoms with Crippen LogP contribution >= 0.6 is 0 Å². The van der Waals surface area contributed by atoms with Crippen molar-refractivity contribution in [2.24, 2.45) is 0 Å². The van der Waals surface area contributed by atoms with E-state index in [0.717, 1.165) is 0 Å². The van der Waals surface area contributed by atoms with Crippen LogP contribution in [0.25, 0.3) is 0 Å². The summed E-state index contributed by atoms with van der Waals surface area (Å²) in [5.41, 5.74) is 0. The van der Waals surface area contributed by atoms with E-state index in [2.05, 4.69) is 0 Å². The van der Waals surface area contributed by atoms with E-state index in [4.69, 9.17) is 9.90 Å². The van der Waals surface area contributed by atoms with Gasteiger partial charge in [0.2, 0.25) is 0 Å². The van der Waals surface area contributed by atoms with Crippen molar-refractivity contribution in [1.82, 2.24) is 0 Å². The first-order valence-electron chi connectivity index (χ1n) is 1.24. The quantitative estimate of drug-likeness (QED) is 0.368. The number of rotatable bonds is 0. The van der Waals surface area contributed by atoms with Gasteiger partial charge in [-0.05, 0) is 0 Å². The molecule has 44 valence electrons. The van der Waals surface area contributed by atoms with E-state index >= 15 is 0 Å². The number of carboxylic acid groups (broad SMARTS) is 1. The molecule has 0 bridgehead atoms. The van der Waals surface area contributed by atoms with E-state index < -0.39 is 12.1 Å². The molecule has 0 amide bonds. The molecule has 0 aromatic carbocycles. The number of halogens is 3. The van der Waals surface area contributed by atoms with E-state index in [-0.39, 0.29) is 20.3 Å². The Morgan fingerprint density at radius 2 is 1.62 bits per heavy atom. The summed E-state index contributed by atoms with van der Waals surface area (Å²) >= 11 is 0. The molecular weight excluding hydrogens is 120 g/mol. The fourth-order valence-corrected chi connectivity index (χ4v) is 0. The molecule has 0 saturated heterocycles. The summed E-state index contributed by atoms with van der Waals surface area (Å²) < 4.78 is 31.7. The molecule has 0 radical (unpaired) electrons. The van der Waals surface area contributed by atoms with Crippen LogP contribution in [0.5, 0.6) is 0 Å². The van der Waals surface area contributed by atoms with Gasteiger partial charge >= 0.3 is 31.0 Å². The van der Waals surface area contributed by atoms with E-state index in [1.165, 1.54) is 0 Å². The van der Waals surface area contributed by atoms with Crippen molar-refractivity contribution in [3.05, 3.63) is 0 Å². The normalized spacial score (nSPS) is 9.88. The number of carboxylic acids is 1. The Balaban J connectivity index is -0.000000180. The van der Waals surface area contributed by atoms with E-state index in [1.807, 2.05) is 0 Å². The predicted molar refractivity (Wildman–Crippen MR) is 14.8 cm³/mol. The first-order chi connectivity index (χ1) is 2.94. The molecule has 0 unspecified atom stereocenters. The molecular formula is C2H2F3LiO2. The molecule has 0 fully saturated rings. The molecule has 0 aliphatic heterocycles. The van der Waals surface area contributed by atoms with Crippen LogP contribution in [0.15, 0.2) is 0 Å². The Kier molecular flexibility index (Phi) is 4.04. The fourth-order valence-electron chi connectivity index (χ4n) is 0. The Morgan fingerprint density at radius 3 is 1.62 bits per heavy atom. The van der Waals surface area contributed by atoms with Gasteiger partial charge in [-0.1, -0.05) is 0 Å². The van der Waals surface area contributed by atoms with Gasteiger partial charge < -0.3 is 6.53 Å². The summed E-state index contributed by atoms with van der Waals surface area (Å²) in [7, 11) is 0. The second-order valence-electron chi connectivity index (χ2n) is 0.803. The Labute approximate surface area is 56.3 Å². The molecule has 1 N–H and O–H groups in total. The van der Waals surface area contributed by atoms with E-state index in [0.29, 0.717) is 0 Å². The number of hydrogen-bond acceptors (Lipinski definition) is 1. The molecule has 2 nitrogen and oxygen atoms in total. The van der Waals surface area contributed by atoms with Crippen molar-refractivity contribution in [2.45, 2.75) is 6.18 Å². The molecule has 0 saturated carbocycles. The molecule has 0 aliphatic rings. The second kappa shape index (κ2) is 3.00. The SMILES string of the molecule is O=C(O)C(F)(F)F.[H-].[Li+]. The van der Waals surface area contributed by atoms with Crippen molar-refractivity contribution < 1.29 is 43.4 Å². The monoisotopic (exact) mass is 122 g/mol. The van der Waals surface area contributed by atoms with Gasteiger partial charge in [0.25, 0.3) is 0 Å². The third-order valence-corrected chi connectivity index (χ3v) is 0.243. The number of hydrogen-bond donors (Lipinski definition) is 1. The maximum Gasteiger partial charge on any atom is 1.00 e. The molecule has 0 spiro atoms. The van der Waals surface area contributed by atoms with Crippen molar-refractivity contribution in [2.75, 3.05) is 0 Å². The predicted octanol–water partition coefficient (Wildman–Crippen LogP) is -2.25. The molecule has 0 aromatic rings. The van der Waals surface area contributed by atoms with E-state index in [1.54, 1.807) is 0 Å². The van der Waals surface area contributed by atoms with Gasteiger partial charge in [-0.15, -0.1) is 0 Å². The average Bonchev–Trinajstić information content (AvgIpc) is 1.31. The fraction of sp³-hybridized carbons (Fsp3) is 0.500. The molecule has 0 aromatic heterocycles. The van der Waals surface area contributed by atoms with Gasteiger partial charge in [0, 0.05) is 0 Å². The maximum absolute atomic E-state index is 10.6. The van der Waals surface area contributed by atoms with Crippen LogP contribution in [-0.4, -0.2) is 17.3 Å². The minimum Gasteiger partial charge on any atom is -1.00 e. The Morgan fingerprint density at radius 1 is 1.50 bits per heavy atom. The second-order valence-corrected chi connectivity index (χ2v) is 0.803. The van der Waals surface area contributed by atoms with Crippen LogP contribution in [0.3, 0.4) is 0 Å². The van der Waals surface area contributed by atoms with Gasteiger partial charge in [0.15, 0.2) is 0 Å². The standard InChI is InChI=1S/C2HF3O2.Li.H/c3-2(4,5)1(6)7;;/h(H,6,7);;/q;+1;-1. The minimum absolute atomic E-state index is 0. The number of carbonyl (C=O) groups is 1. The van der Waals surface area contributed by atoms with Crippen molar-refractivity contribution in [1.29, 1.82) is 0 Å². The first kappa shape index (κ1) is 10.8. The third kappa shape index (κ3) is 4.03. The van der Waals surface area contributed by atoms with Gasteiger partial charge in [-0.2, -0.15) is 13.2 Å². The van der Waals surface area contributed by atoms with Crippen LogP contribution in [0.1, 0.15) is 1.43 Å². The first-order valence-corrected chi connectivity index (χ1v) is 1.24. The van der Waals surface area contributed by atoms with Gasteiger partial charge in [0.1, 0.15) is 0 Å². The van der Waals surface area contributed by atoms with Crippen molar-refractivity contribution >= 4 is 5.97 Å². The van der Waals surface area contributed by atoms with Gasteiger partial charge in [-0.25, -0.2) is 4.79 Å². The number of alkyl halides is 3. The Bertz CT molecular complexity index is 92.3. The summed E-state index contributed by atoms with van der Waals surface area (Å²) in [6, 6.07) is 0. The molecule has 0 aliphatic carbocycles. The Hall–Kier alpha value is -0.143. The molecule has 0 atom stereocenters. The van der Waals surface area contributed by atoms with Gasteiger partial charge in [-0.3, -0.25) is 0 Å². The summed E-state index contributed by atoms with van der Waals surface area (Å²) in [5.74, 6) is -2.76. The van der Waals surface area contributed by atoms with Crippen LogP contribution in [0.4, 0.5) is 13.2 Å². The zero-order valence-corrected chi connectivity index (χ0v) is 3.99. The summed E-state index contributed by atoms with van der Waals surface area (Å²) in [6.07, 6.45) is -5.08. The van der Waals surface area contributed by atoms with Crippen molar-refractivity contribution in [3.63, 3.8) is 0 Å². The molecule has 0 heterocycles. The largest absolute Gasteiger partial charge is 1.00 e. The summed E-state index contributed by atoms with van der Waals surface area (Å²) in [6.45, 7) is 0. The van der Waals surface area contributed by atoms with E-state index in [9.17, 15) is 13.2 Å². The summed E-state index contributed by atoms with van der Waals surface area (Å²) in [5, 5.41) is 7.12. The van der Waals surface area contributed by atoms with Crippen molar-refractivity contribution in [3.8, 4) is 0 Å². The molecule has 8 heavy (non-hydrogen) atoms.